The highest BCUT2D eigenvalue weighted by Gasteiger charge is 2.08. The first-order valence-corrected chi connectivity index (χ1v) is 7.53. The molecule has 1 N–H and O–H groups in total. The molecular formula is C15H25N5. The molecule has 0 aliphatic carbocycles. The fourth-order valence-corrected chi connectivity index (χ4v) is 2.33. The number of aromatic nitrogens is 4. The van der Waals surface area contributed by atoms with E-state index in [9.17, 15) is 0 Å². The van der Waals surface area contributed by atoms with Crippen molar-refractivity contribution in [2.75, 3.05) is 6.54 Å². The standard InChI is InChI=1S/C15H25N5/c1-4-15(5-2)20-10-8-14(18-20)12-19-9-7-13(17-19)11-16-6-3/h7-10,15-16H,4-6,11-12H2,1-3H3. The summed E-state index contributed by atoms with van der Waals surface area (Å²) in [5, 5.41) is 12.5. The molecule has 2 rings (SSSR count). The van der Waals surface area contributed by atoms with Crippen molar-refractivity contribution < 1.29 is 0 Å². The van der Waals surface area contributed by atoms with Gasteiger partial charge in [0.25, 0.3) is 0 Å². The lowest BCUT2D eigenvalue weighted by molar-refractivity contribution is 0.424. The van der Waals surface area contributed by atoms with Crippen LogP contribution in [0, 0.1) is 0 Å². The van der Waals surface area contributed by atoms with Crippen LogP contribution in [0.25, 0.3) is 0 Å². The molecule has 2 aromatic rings. The summed E-state index contributed by atoms with van der Waals surface area (Å²) in [4.78, 5) is 0. The highest BCUT2D eigenvalue weighted by Crippen LogP contribution is 2.14. The van der Waals surface area contributed by atoms with E-state index in [1.54, 1.807) is 0 Å². The Morgan fingerprint density at radius 2 is 1.80 bits per heavy atom. The van der Waals surface area contributed by atoms with Gasteiger partial charge in [0.15, 0.2) is 0 Å². The predicted octanol–water partition coefficient (Wildman–Crippen LogP) is 2.60. The van der Waals surface area contributed by atoms with E-state index in [4.69, 9.17) is 0 Å². The molecule has 0 unspecified atom stereocenters. The lowest BCUT2D eigenvalue weighted by Crippen LogP contribution is -2.13. The van der Waals surface area contributed by atoms with Crippen LogP contribution in [0.3, 0.4) is 0 Å². The summed E-state index contributed by atoms with van der Waals surface area (Å²) in [6.45, 7) is 9.03. The molecule has 0 spiro atoms. The van der Waals surface area contributed by atoms with E-state index in [0.29, 0.717) is 6.04 Å². The van der Waals surface area contributed by atoms with Crippen molar-refractivity contribution in [2.24, 2.45) is 0 Å². The minimum absolute atomic E-state index is 0.505. The maximum Gasteiger partial charge on any atom is 0.0849 e. The zero-order valence-electron chi connectivity index (χ0n) is 12.7. The van der Waals surface area contributed by atoms with Crippen LogP contribution in [0.1, 0.15) is 51.0 Å². The quantitative estimate of drug-likeness (QED) is 0.805. The summed E-state index contributed by atoms with van der Waals surface area (Å²) in [5.74, 6) is 0. The third kappa shape index (κ3) is 3.70. The second kappa shape index (κ2) is 7.24. The van der Waals surface area contributed by atoms with Gasteiger partial charge in [-0.3, -0.25) is 9.36 Å². The average Bonchev–Trinajstić information content (AvgIpc) is 3.08. The molecule has 0 saturated heterocycles. The molecule has 0 atom stereocenters. The van der Waals surface area contributed by atoms with Crippen LogP contribution in [0.2, 0.25) is 0 Å². The van der Waals surface area contributed by atoms with Crippen LogP contribution in [0.15, 0.2) is 24.5 Å². The fraction of sp³-hybridized carbons (Fsp3) is 0.600. The van der Waals surface area contributed by atoms with E-state index in [1.165, 1.54) is 0 Å². The normalized spacial score (nSPS) is 11.4. The van der Waals surface area contributed by atoms with Crippen LogP contribution in [0.4, 0.5) is 0 Å². The minimum atomic E-state index is 0.505. The van der Waals surface area contributed by atoms with Crippen molar-refractivity contribution in [1.29, 1.82) is 0 Å². The molecule has 0 aliphatic rings. The first-order valence-electron chi connectivity index (χ1n) is 7.53. The molecule has 0 aliphatic heterocycles. The van der Waals surface area contributed by atoms with Crippen molar-refractivity contribution in [3.05, 3.63) is 35.9 Å². The molecule has 0 aromatic carbocycles. The van der Waals surface area contributed by atoms with Gasteiger partial charge in [-0.15, -0.1) is 0 Å². The Morgan fingerprint density at radius 1 is 1.05 bits per heavy atom. The Hall–Kier alpha value is -1.62. The maximum absolute atomic E-state index is 4.66. The Labute approximate surface area is 121 Å². The summed E-state index contributed by atoms with van der Waals surface area (Å²) < 4.78 is 4.03. The highest BCUT2D eigenvalue weighted by atomic mass is 15.3. The van der Waals surface area contributed by atoms with E-state index in [-0.39, 0.29) is 0 Å². The van der Waals surface area contributed by atoms with Gasteiger partial charge in [-0.05, 0) is 31.5 Å². The van der Waals surface area contributed by atoms with Crippen LogP contribution in [0.5, 0.6) is 0 Å². The van der Waals surface area contributed by atoms with E-state index in [2.05, 4.69) is 59.3 Å². The van der Waals surface area contributed by atoms with Crippen LogP contribution in [-0.2, 0) is 13.1 Å². The number of hydrogen-bond donors (Lipinski definition) is 1. The van der Waals surface area contributed by atoms with Crippen molar-refractivity contribution in [3.8, 4) is 0 Å². The summed E-state index contributed by atoms with van der Waals surface area (Å²) in [6.07, 6.45) is 6.33. The lowest BCUT2D eigenvalue weighted by atomic mass is 10.2. The van der Waals surface area contributed by atoms with Gasteiger partial charge in [-0.25, -0.2) is 0 Å². The average molecular weight is 275 g/mol. The number of rotatable bonds is 8. The molecule has 5 heteroatoms. The molecule has 0 bridgehead atoms. The van der Waals surface area contributed by atoms with Gasteiger partial charge in [0.05, 0.1) is 24.0 Å². The van der Waals surface area contributed by atoms with E-state index >= 15 is 0 Å². The lowest BCUT2D eigenvalue weighted by Gasteiger charge is -2.12. The minimum Gasteiger partial charge on any atom is -0.311 e. The summed E-state index contributed by atoms with van der Waals surface area (Å²) >= 11 is 0. The molecule has 0 fully saturated rings. The SMILES string of the molecule is CCNCc1ccn(Cc2ccn(C(CC)CC)n2)n1. The molecular weight excluding hydrogens is 250 g/mol. The predicted molar refractivity (Wildman–Crippen MR) is 80.6 cm³/mol. The number of nitrogens with zero attached hydrogens (tertiary/aromatic N) is 4. The number of hydrogen-bond acceptors (Lipinski definition) is 3. The first-order chi connectivity index (χ1) is 9.76. The summed E-state index contributed by atoms with van der Waals surface area (Å²) in [5.41, 5.74) is 2.14. The fourth-order valence-electron chi connectivity index (χ4n) is 2.33. The first kappa shape index (κ1) is 14.8. The molecule has 0 saturated carbocycles. The topological polar surface area (TPSA) is 47.7 Å². The van der Waals surface area contributed by atoms with Gasteiger partial charge < -0.3 is 5.32 Å². The van der Waals surface area contributed by atoms with Crippen LogP contribution >= 0.6 is 0 Å². The van der Waals surface area contributed by atoms with Crippen molar-refractivity contribution in [2.45, 2.75) is 52.7 Å². The molecule has 20 heavy (non-hydrogen) atoms. The van der Waals surface area contributed by atoms with E-state index in [1.807, 2.05) is 10.9 Å². The third-order valence-corrected chi connectivity index (χ3v) is 3.56. The monoisotopic (exact) mass is 275 g/mol. The molecule has 0 radical (unpaired) electrons. The zero-order chi connectivity index (χ0) is 14.4. The molecule has 2 aromatic heterocycles. The van der Waals surface area contributed by atoms with Crippen molar-refractivity contribution >= 4 is 0 Å². The zero-order valence-corrected chi connectivity index (χ0v) is 12.7. The van der Waals surface area contributed by atoms with Crippen LogP contribution < -0.4 is 5.32 Å². The smallest absolute Gasteiger partial charge is 0.0849 e. The third-order valence-electron chi connectivity index (χ3n) is 3.56. The van der Waals surface area contributed by atoms with Gasteiger partial charge in [-0.2, -0.15) is 10.2 Å². The maximum atomic E-state index is 4.66. The summed E-state index contributed by atoms with van der Waals surface area (Å²) in [6, 6.07) is 4.65. The van der Waals surface area contributed by atoms with Gasteiger partial charge in [0.1, 0.15) is 0 Å². The second-order valence-electron chi connectivity index (χ2n) is 5.04. The Kier molecular flexibility index (Phi) is 5.35. The van der Waals surface area contributed by atoms with Crippen molar-refractivity contribution in [1.82, 2.24) is 24.9 Å². The van der Waals surface area contributed by atoms with Crippen molar-refractivity contribution in [3.63, 3.8) is 0 Å². The van der Waals surface area contributed by atoms with E-state index < -0.39 is 0 Å². The molecule has 110 valence electrons. The second-order valence-corrected chi connectivity index (χ2v) is 5.04. The Morgan fingerprint density at radius 3 is 2.50 bits per heavy atom. The van der Waals surface area contributed by atoms with Gasteiger partial charge in [0, 0.05) is 18.9 Å². The van der Waals surface area contributed by atoms with Gasteiger partial charge in [0.2, 0.25) is 0 Å². The van der Waals surface area contributed by atoms with Gasteiger partial charge in [-0.1, -0.05) is 20.8 Å². The molecule has 2 heterocycles. The summed E-state index contributed by atoms with van der Waals surface area (Å²) in [7, 11) is 0. The Balaban J connectivity index is 1.97. The largest absolute Gasteiger partial charge is 0.311 e. The van der Waals surface area contributed by atoms with Gasteiger partial charge >= 0.3 is 0 Å². The highest BCUT2D eigenvalue weighted by molar-refractivity contribution is 5.03. The number of nitrogens with one attached hydrogen (secondary N) is 1. The molecule has 5 nitrogen and oxygen atoms in total. The molecule has 0 amide bonds. The Bertz CT molecular complexity index is 510. The van der Waals surface area contributed by atoms with E-state index in [0.717, 1.165) is 43.9 Å². The van der Waals surface area contributed by atoms with Crippen LogP contribution in [-0.4, -0.2) is 26.1 Å².